The number of carbonyl (C=O) groups is 1. The molecule has 5 nitrogen and oxygen atoms in total. The highest BCUT2D eigenvalue weighted by Gasteiger charge is 2.23. The summed E-state index contributed by atoms with van der Waals surface area (Å²) in [6.07, 6.45) is 6.81. The van der Waals surface area contributed by atoms with Crippen molar-refractivity contribution >= 4 is 39.1 Å². The Kier molecular flexibility index (Phi) is 4.02. The molecule has 3 aromatic heterocycles. The van der Waals surface area contributed by atoms with Crippen LogP contribution in [0.5, 0.6) is 0 Å². The fourth-order valence-corrected chi connectivity index (χ4v) is 4.44. The molecule has 0 spiro atoms. The van der Waals surface area contributed by atoms with Crippen molar-refractivity contribution in [2.75, 3.05) is 13.1 Å². The molecule has 24 heavy (non-hydrogen) atoms. The van der Waals surface area contributed by atoms with E-state index >= 15 is 0 Å². The Morgan fingerprint density at radius 3 is 2.79 bits per heavy atom. The molecule has 1 saturated heterocycles. The van der Waals surface area contributed by atoms with Gasteiger partial charge in [0.2, 0.25) is 0 Å². The minimum absolute atomic E-state index is 0.0146. The van der Waals surface area contributed by atoms with E-state index in [1.807, 2.05) is 22.6 Å². The maximum absolute atomic E-state index is 12.7. The number of likely N-dealkylation sites (tertiary alicyclic amines) is 1. The van der Waals surface area contributed by atoms with Crippen molar-refractivity contribution in [3.63, 3.8) is 0 Å². The second-order valence-corrected chi connectivity index (χ2v) is 7.46. The Morgan fingerprint density at radius 2 is 2.04 bits per heavy atom. The molecular weight excluding hydrogens is 344 g/mol. The van der Waals surface area contributed by atoms with Crippen LogP contribution in [0.25, 0.3) is 20.8 Å². The third-order valence-electron chi connectivity index (χ3n) is 4.44. The predicted molar refractivity (Wildman–Crippen MR) is 96.6 cm³/mol. The topological polar surface area (TPSA) is 51.0 Å². The van der Waals surface area contributed by atoms with Crippen molar-refractivity contribution < 1.29 is 4.79 Å². The molecule has 0 bridgehead atoms. The highest BCUT2D eigenvalue weighted by molar-refractivity contribution is 7.22. The number of rotatable bonds is 2. The predicted octanol–water partition coefficient (Wildman–Crippen LogP) is 3.98. The zero-order valence-electron chi connectivity index (χ0n) is 13.3. The molecule has 0 N–H and O–H groups in total. The molecule has 0 aromatic carbocycles. The van der Waals surface area contributed by atoms with Gasteiger partial charge >= 0.3 is 0 Å². The highest BCUT2D eigenvalue weighted by atomic mass is 35.5. The molecule has 1 aliphatic rings. The van der Waals surface area contributed by atoms with Gasteiger partial charge in [-0.3, -0.25) is 9.78 Å². The third-order valence-corrected chi connectivity index (χ3v) is 6.05. The second kappa shape index (κ2) is 6.18. The van der Waals surface area contributed by atoms with Gasteiger partial charge in [-0.1, -0.05) is 11.6 Å². The van der Waals surface area contributed by atoms with E-state index < -0.39 is 0 Å². The molecule has 0 unspecified atom stereocenters. The molecule has 7 heteroatoms. The first-order valence-corrected chi connectivity index (χ1v) is 9.20. The number of piperidine rings is 1. The summed E-state index contributed by atoms with van der Waals surface area (Å²) in [7, 11) is 1.89. The number of nitrogens with zero attached hydrogens (tertiary/aromatic N) is 4. The van der Waals surface area contributed by atoms with Gasteiger partial charge in [0.05, 0.1) is 32.0 Å². The lowest BCUT2D eigenvalue weighted by molar-refractivity contribution is 0.0708. The second-order valence-electron chi connectivity index (χ2n) is 6.00. The summed E-state index contributed by atoms with van der Waals surface area (Å²) >= 11 is 7.81. The number of hydrogen-bond acceptors (Lipinski definition) is 4. The van der Waals surface area contributed by atoms with Gasteiger partial charge in [-0.2, -0.15) is 0 Å². The number of aromatic nitrogens is 3. The molecule has 0 atom stereocenters. The summed E-state index contributed by atoms with van der Waals surface area (Å²) < 4.78 is 2.83. The number of carbonyl (C=O) groups excluding carboxylic acids is 1. The molecular formula is C17H17ClN4OS. The third kappa shape index (κ3) is 2.59. The van der Waals surface area contributed by atoms with Gasteiger partial charge in [0, 0.05) is 26.3 Å². The van der Waals surface area contributed by atoms with E-state index in [-0.39, 0.29) is 5.91 Å². The summed E-state index contributed by atoms with van der Waals surface area (Å²) in [6, 6.07) is 3.79. The van der Waals surface area contributed by atoms with Gasteiger partial charge in [0.25, 0.3) is 5.91 Å². The van der Waals surface area contributed by atoms with Crippen molar-refractivity contribution in [2.45, 2.75) is 19.3 Å². The highest BCUT2D eigenvalue weighted by Crippen LogP contribution is 2.36. The monoisotopic (exact) mass is 360 g/mol. The standard InChI is InChI=1S/C17H17ClN4OS/c1-21-13(14-9-12-15(24-14)11(18)5-6-19-12)10-20-16(21)17(23)22-7-3-2-4-8-22/h5-6,9-10H,2-4,7-8H2,1H3. The normalized spacial score (nSPS) is 15.2. The van der Waals surface area contributed by atoms with Crippen LogP contribution in [0.3, 0.4) is 0 Å². The number of halogens is 1. The molecule has 0 radical (unpaired) electrons. The summed E-state index contributed by atoms with van der Waals surface area (Å²) in [4.78, 5) is 24.4. The Hall–Kier alpha value is -1.92. The maximum atomic E-state index is 12.7. The Balaban J connectivity index is 1.70. The van der Waals surface area contributed by atoms with Gasteiger partial charge in [-0.25, -0.2) is 4.98 Å². The van der Waals surface area contributed by atoms with E-state index in [9.17, 15) is 4.79 Å². The number of hydrogen-bond donors (Lipinski definition) is 0. The van der Waals surface area contributed by atoms with Crippen LogP contribution in [-0.4, -0.2) is 38.4 Å². The van der Waals surface area contributed by atoms with Gasteiger partial charge in [0.15, 0.2) is 5.82 Å². The number of amides is 1. The van der Waals surface area contributed by atoms with Crippen LogP contribution in [0.2, 0.25) is 5.02 Å². The van der Waals surface area contributed by atoms with Crippen LogP contribution in [0.4, 0.5) is 0 Å². The van der Waals surface area contributed by atoms with E-state index in [0.717, 1.165) is 46.7 Å². The first-order valence-electron chi connectivity index (χ1n) is 8.00. The van der Waals surface area contributed by atoms with Crippen LogP contribution < -0.4 is 0 Å². The maximum Gasteiger partial charge on any atom is 0.289 e. The SMILES string of the molecule is Cn1c(-c2cc3nccc(Cl)c3s2)cnc1C(=O)N1CCCCC1. The van der Waals surface area contributed by atoms with Gasteiger partial charge in [-0.15, -0.1) is 11.3 Å². The fourth-order valence-electron chi connectivity index (χ4n) is 3.11. The van der Waals surface area contributed by atoms with E-state index in [0.29, 0.717) is 10.8 Å². The Bertz CT molecular complexity index is 911. The van der Waals surface area contributed by atoms with Gasteiger partial charge in [-0.05, 0) is 31.4 Å². The number of fused-ring (bicyclic) bond motifs is 1. The summed E-state index contributed by atoms with van der Waals surface area (Å²) in [5.41, 5.74) is 1.78. The molecule has 4 rings (SSSR count). The number of pyridine rings is 1. The van der Waals surface area contributed by atoms with E-state index in [2.05, 4.69) is 9.97 Å². The van der Waals surface area contributed by atoms with Crippen molar-refractivity contribution in [1.29, 1.82) is 0 Å². The zero-order chi connectivity index (χ0) is 16.7. The number of thiophene rings is 1. The first kappa shape index (κ1) is 15.6. The largest absolute Gasteiger partial charge is 0.336 e. The lowest BCUT2D eigenvalue weighted by atomic mass is 10.1. The van der Waals surface area contributed by atoms with Crippen molar-refractivity contribution in [1.82, 2.24) is 19.4 Å². The fraction of sp³-hybridized carbons (Fsp3) is 0.353. The minimum atomic E-state index is 0.0146. The summed E-state index contributed by atoms with van der Waals surface area (Å²) in [5, 5.41) is 0.697. The molecule has 4 heterocycles. The van der Waals surface area contributed by atoms with Crippen LogP contribution in [-0.2, 0) is 7.05 Å². The molecule has 1 fully saturated rings. The Morgan fingerprint density at radius 1 is 1.25 bits per heavy atom. The molecule has 0 saturated carbocycles. The number of imidazole rings is 1. The lowest BCUT2D eigenvalue weighted by Crippen LogP contribution is -2.37. The van der Waals surface area contributed by atoms with E-state index in [1.54, 1.807) is 29.8 Å². The summed E-state index contributed by atoms with van der Waals surface area (Å²) in [5.74, 6) is 0.504. The average molecular weight is 361 g/mol. The Labute approximate surface area is 148 Å². The van der Waals surface area contributed by atoms with Crippen molar-refractivity contribution in [3.05, 3.63) is 35.4 Å². The molecule has 1 amide bonds. The molecule has 0 aliphatic carbocycles. The molecule has 3 aromatic rings. The summed E-state index contributed by atoms with van der Waals surface area (Å²) in [6.45, 7) is 1.65. The smallest absolute Gasteiger partial charge is 0.289 e. The van der Waals surface area contributed by atoms with Crippen molar-refractivity contribution in [2.24, 2.45) is 7.05 Å². The lowest BCUT2D eigenvalue weighted by Gasteiger charge is -2.26. The van der Waals surface area contributed by atoms with Gasteiger partial charge in [0.1, 0.15) is 0 Å². The van der Waals surface area contributed by atoms with Crippen LogP contribution >= 0.6 is 22.9 Å². The first-order chi connectivity index (χ1) is 11.6. The average Bonchev–Trinajstić information content (AvgIpc) is 3.19. The minimum Gasteiger partial charge on any atom is -0.336 e. The van der Waals surface area contributed by atoms with Crippen LogP contribution in [0.1, 0.15) is 29.9 Å². The van der Waals surface area contributed by atoms with Crippen LogP contribution in [0.15, 0.2) is 24.5 Å². The molecule has 124 valence electrons. The quantitative estimate of drug-likeness (QED) is 0.694. The van der Waals surface area contributed by atoms with Crippen LogP contribution in [0, 0.1) is 0 Å². The molecule has 1 aliphatic heterocycles. The zero-order valence-corrected chi connectivity index (χ0v) is 14.9. The van der Waals surface area contributed by atoms with Crippen molar-refractivity contribution in [3.8, 4) is 10.6 Å². The van der Waals surface area contributed by atoms with E-state index in [1.165, 1.54) is 6.42 Å². The van der Waals surface area contributed by atoms with Gasteiger partial charge < -0.3 is 9.47 Å². The van der Waals surface area contributed by atoms with E-state index in [4.69, 9.17) is 11.6 Å².